The summed E-state index contributed by atoms with van der Waals surface area (Å²) < 4.78 is 1.66. The highest BCUT2D eigenvalue weighted by atomic mass is 16.4. The number of nitrogens with zero attached hydrogens (tertiary/aromatic N) is 2. The van der Waals surface area contributed by atoms with E-state index in [0.29, 0.717) is 11.5 Å². The van der Waals surface area contributed by atoms with E-state index < -0.39 is 5.97 Å². The summed E-state index contributed by atoms with van der Waals surface area (Å²) in [5.41, 5.74) is 6.65. The molecule has 2 aromatic rings. The topological polar surface area (TPSA) is 93.2 Å². The maximum Gasteiger partial charge on any atom is 0.337 e. The molecule has 6 heteroatoms. The van der Waals surface area contributed by atoms with Gasteiger partial charge in [0.25, 0.3) is 0 Å². The van der Waals surface area contributed by atoms with Crippen LogP contribution in [0, 0.1) is 0 Å². The van der Waals surface area contributed by atoms with E-state index in [1.807, 2.05) is 7.05 Å². The second-order valence-electron chi connectivity index (χ2n) is 3.61. The lowest BCUT2D eigenvalue weighted by atomic mass is 10.1. The first-order chi connectivity index (χ1) is 8.06. The maximum absolute atomic E-state index is 10.8. The molecule has 0 bridgehead atoms. The van der Waals surface area contributed by atoms with Gasteiger partial charge in [0.15, 0.2) is 5.82 Å². The van der Waals surface area contributed by atoms with Gasteiger partial charge < -0.3 is 16.2 Å². The normalized spacial score (nSPS) is 10.2. The third-order valence-electron chi connectivity index (χ3n) is 2.27. The monoisotopic (exact) mass is 232 g/mol. The number of nitrogen functional groups attached to an aromatic ring is 1. The number of carbonyl (C=O) groups is 1. The number of nitrogens with one attached hydrogen (secondary N) is 1. The third-order valence-corrected chi connectivity index (χ3v) is 2.27. The molecule has 0 spiro atoms. The molecule has 0 unspecified atom stereocenters. The zero-order valence-electron chi connectivity index (χ0n) is 9.21. The van der Waals surface area contributed by atoms with Gasteiger partial charge in [-0.05, 0) is 18.2 Å². The number of hydrogen-bond acceptors (Lipinski definition) is 4. The molecule has 0 aliphatic rings. The fourth-order valence-electron chi connectivity index (χ4n) is 1.46. The first-order valence-electron chi connectivity index (χ1n) is 4.96. The molecular formula is C11H12N4O2. The third kappa shape index (κ3) is 2.36. The van der Waals surface area contributed by atoms with Gasteiger partial charge in [-0.3, -0.25) is 4.68 Å². The molecule has 0 aliphatic carbocycles. The Morgan fingerprint density at radius 3 is 2.76 bits per heavy atom. The lowest BCUT2D eigenvalue weighted by Crippen LogP contribution is -2.03. The average molecular weight is 232 g/mol. The molecule has 4 N–H and O–H groups in total. The number of hydrogen-bond donors (Lipinski definition) is 3. The van der Waals surface area contributed by atoms with Gasteiger partial charge in [-0.2, -0.15) is 5.10 Å². The van der Waals surface area contributed by atoms with E-state index in [-0.39, 0.29) is 11.3 Å². The Morgan fingerprint density at radius 1 is 1.47 bits per heavy atom. The van der Waals surface area contributed by atoms with Gasteiger partial charge in [-0.15, -0.1) is 0 Å². The summed E-state index contributed by atoms with van der Waals surface area (Å²) in [4.78, 5) is 10.8. The van der Waals surface area contributed by atoms with Gasteiger partial charge in [0, 0.05) is 30.7 Å². The highest BCUT2D eigenvalue weighted by Crippen LogP contribution is 2.20. The van der Waals surface area contributed by atoms with E-state index in [0.717, 1.165) is 0 Å². The van der Waals surface area contributed by atoms with E-state index in [9.17, 15) is 4.79 Å². The van der Waals surface area contributed by atoms with Crippen LogP contribution in [0.3, 0.4) is 0 Å². The number of carboxylic acids is 1. The van der Waals surface area contributed by atoms with Crippen molar-refractivity contribution in [3.63, 3.8) is 0 Å². The molecule has 1 aromatic heterocycles. The van der Waals surface area contributed by atoms with Crippen LogP contribution in [0.25, 0.3) is 0 Å². The molecular weight excluding hydrogens is 220 g/mol. The molecule has 0 amide bonds. The standard InChI is InChI=1S/C11H12N4O2/c1-15-5-4-10(14-15)13-7-2-3-8(11(16)17)9(12)6-7/h2-6H,12H2,1H3,(H,13,14)(H,16,17). The summed E-state index contributed by atoms with van der Waals surface area (Å²) in [6.07, 6.45) is 1.80. The second-order valence-corrected chi connectivity index (χ2v) is 3.61. The van der Waals surface area contributed by atoms with E-state index >= 15 is 0 Å². The molecule has 1 heterocycles. The Bertz CT molecular complexity index is 562. The summed E-state index contributed by atoms with van der Waals surface area (Å²) in [7, 11) is 1.81. The first-order valence-corrected chi connectivity index (χ1v) is 4.96. The molecule has 17 heavy (non-hydrogen) atoms. The number of anilines is 3. The Balaban J connectivity index is 2.23. The van der Waals surface area contributed by atoms with Crippen molar-refractivity contribution in [2.45, 2.75) is 0 Å². The van der Waals surface area contributed by atoms with Crippen LogP contribution in [0.5, 0.6) is 0 Å². The predicted molar refractivity (Wildman–Crippen MR) is 64.3 cm³/mol. The molecule has 0 radical (unpaired) electrons. The molecule has 0 aliphatic heterocycles. The van der Waals surface area contributed by atoms with Gasteiger partial charge in [-0.25, -0.2) is 4.79 Å². The predicted octanol–water partition coefficient (Wildman–Crippen LogP) is 1.44. The number of aromatic nitrogens is 2. The van der Waals surface area contributed by atoms with Crippen LogP contribution >= 0.6 is 0 Å². The molecule has 0 fully saturated rings. The Morgan fingerprint density at radius 2 is 2.24 bits per heavy atom. The van der Waals surface area contributed by atoms with Crippen LogP contribution in [-0.2, 0) is 7.05 Å². The van der Waals surface area contributed by atoms with Crippen molar-refractivity contribution < 1.29 is 9.90 Å². The summed E-state index contributed by atoms with van der Waals surface area (Å²) in [5.74, 6) is -0.359. The van der Waals surface area contributed by atoms with Gasteiger partial charge in [0.1, 0.15) is 0 Å². The fourth-order valence-corrected chi connectivity index (χ4v) is 1.46. The highest BCUT2D eigenvalue weighted by Gasteiger charge is 2.08. The minimum absolute atomic E-state index is 0.0940. The quantitative estimate of drug-likeness (QED) is 0.696. The minimum atomic E-state index is -1.04. The fraction of sp³-hybridized carbons (Fsp3) is 0.0909. The molecule has 6 nitrogen and oxygen atoms in total. The minimum Gasteiger partial charge on any atom is -0.478 e. The molecule has 0 saturated heterocycles. The van der Waals surface area contributed by atoms with Gasteiger partial charge >= 0.3 is 5.97 Å². The van der Waals surface area contributed by atoms with Crippen molar-refractivity contribution >= 4 is 23.2 Å². The Hall–Kier alpha value is -2.50. The van der Waals surface area contributed by atoms with Gasteiger partial charge in [0.05, 0.1) is 5.56 Å². The number of carboxylic acid groups (broad SMARTS) is 1. The molecule has 0 saturated carbocycles. The number of rotatable bonds is 3. The molecule has 88 valence electrons. The zero-order chi connectivity index (χ0) is 12.4. The van der Waals surface area contributed by atoms with Gasteiger partial charge in [0.2, 0.25) is 0 Å². The van der Waals surface area contributed by atoms with E-state index in [1.54, 1.807) is 29.1 Å². The first kappa shape index (κ1) is 11.0. The van der Waals surface area contributed by atoms with E-state index in [4.69, 9.17) is 10.8 Å². The number of benzene rings is 1. The van der Waals surface area contributed by atoms with E-state index in [2.05, 4.69) is 10.4 Å². The van der Waals surface area contributed by atoms with Crippen molar-refractivity contribution in [3.8, 4) is 0 Å². The van der Waals surface area contributed by atoms with Crippen molar-refractivity contribution in [3.05, 3.63) is 36.0 Å². The largest absolute Gasteiger partial charge is 0.478 e. The lowest BCUT2D eigenvalue weighted by Gasteiger charge is -2.06. The van der Waals surface area contributed by atoms with Crippen molar-refractivity contribution in [1.29, 1.82) is 0 Å². The van der Waals surface area contributed by atoms with Crippen LogP contribution in [0.15, 0.2) is 30.5 Å². The Kier molecular flexibility index (Phi) is 2.70. The van der Waals surface area contributed by atoms with Crippen molar-refractivity contribution in [2.75, 3.05) is 11.1 Å². The number of aryl methyl sites for hydroxylation is 1. The highest BCUT2D eigenvalue weighted by molar-refractivity contribution is 5.94. The Labute approximate surface area is 97.7 Å². The summed E-state index contributed by atoms with van der Waals surface area (Å²) in [6, 6.07) is 6.48. The maximum atomic E-state index is 10.8. The van der Waals surface area contributed by atoms with Crippen LogP contribution in [0.4, 0.5) is 17.2 Å². The van der Waals surface area contributed by atoms with Crippen LogP contribution in [-0.4, -0.2) is 20.9 Å². The van der Waals surface area contributed by atoms with Crippen molar-refractivity contribution in [1.82, 2.24) is 9.78 Å². The lowest BCUT2D eigenvalue weighted by molar-refractivity contribution is 0.0698. The average Bonchev–Trinajstić information content (AvgIpc) is 2.63. The van der Waals surface area contributed by atoms with Gasteiger partial charge in [-0.1, -0.05) is 0 Å². The summed E-state index contributed by atoms with van der Waals surface area (Å²) >= 11 is 0. The van der Waals surface area contributed by atoms with Crippen LogP contribution < -0.4 is 11.1 Å². The second kappa shape index (κ2) is 4.17. The van der Waals surface area contributed by atoms with Crippen molar-refractivity contribution in [2.24, 2.45) is 7.05 Å². The number of aromatic carboxylic acids is 1. The SMILES string of the molecule is Cn1ccc(Nc2ccc(C(=O)O)c(N)c2)n1. The molecule has 2 rings (SSSR count). The molecule has 1 aromatic carbocycles. The van der Waals surface area contributed by atoms with Crippen LogP contribution in [0.1, 0.15) is 10.4 Å². The molecule has 0 atom stereocenters. The van der Waals surface area contributed by atoms with E-state index in [1.165, 1.54) is 6.07 Å². The zero-order valence-corrected chi connectivity index (χ0v) is 9.21. The summed E-state index contributed by atoms with van der Waals surface area (Å²) in [6.45, 7) is 0. The number of nitrogens with two attached hydrogens (primary N) is 1. The smallest absolute Gasteiger partial charge is 0.337 e. The summed E-state index contributed by atoms with van der Waals surface area (Å²) in [5, 5.41) is 16.0. The van der Waals surface area contributed by atoms with Crippen LogP contribution in [0.2, 0.25) is 0 Å².